The maximum atomic E-state index is 2.18. The first-order chi connectivity index (χ1) is 4.46. The minimum Gasteiger partial charge on any atom is -0.0732 e. The van der Waals surface area contributed by atoms with Crippen molar-refractivity contribution in [3.05, 3.63) is 22.3 Å². The van der Waals surface area contributed by atoms with Crippen molar-refractivity contribution in [1.82, 2.24) is 0 Å². The second-order valence-corrected chi connectivity index (χ2v) is 3.25. The van der Waals surface area contributed by atoms with E-state index >= 15 is 0 Å². The Hall–Kier alpha value is -0.520. The van der Waals surface area contributed by atoms with E-state index in [2.05, 4.69) is 41.5 Å². The van der Waals surface area contributed by atoms with Gasteiger partial charge in [0, 0.05) is 0 Å². The van der Waals surface area contributed by atoms with E-state index in [-0.39, 0.29) is 0 Å². The van der Waals surface area contributed by atoms with E-state index in [0.29, 0.717) is 0 Å². The lowest BCUT2D eigenvalue weighted by Gasteiger charge is -2.05. The monoisotopic (exact) mass is 138 g/mol. The molecule has 0 heteroatoms. The van der Waals surface area contributed by atoms with Crippen molar-refractivity contribution < 1.29 is 0 Å². The number of rotatable bonds is 1. The molecular formula is C10H18. The summed E-state index contributed by atoms with van der Waals surface area (Å²) in [6, 6.07) is 0. The highest BCUT2D eigenvalue weighted by molar-refractivity contribution is 5.33. The van der Waals surface area contributed by atoms with Gasteiger partial charge in [-0.05, 0) is 52.7 Å². The molecule has 0 heterocycles. The summed E-state index contributed by atoms with van der Waals surface area (Å²) in [4.78, 5) is 0. The van der Waals surface area contributed by atoms with Crippen molar-refractivity contribution in [3.8, 4) is 0 Å². The molecule has 0 saturated carbocycles. The predicted octanol–water partition coefficient (Wildman–Crippen LogP) is 3.70. The van der Waals surface area contributed by atoms with E-state index in [4.69, 9.17) is 0 Å². The minimum absolute atomic E-state index is 1.42. The predicted molar refractivity (Wildman–Crippen MR) is 48.1 cm³/mol. The molecule has 0 unspecified atom stereocenters. The van der Waals surface area contributed by atoms with Crippen LogP contribution in [-0.2, 0) is 0 Å². The average Bonchev–Trinajstić information content (AvgIpc) is 1.84. The second kappa shape index (κ2) is 3.60. The largest absolute Gasteiger partial charge is 0.0732 e. The van der Waals surface area contributed by atoms with Gasteiger partial charge >= 0.3 is 0 Å². The van der Waals surface area contributed by atoms with Gasteiger partial charge in [-0.3, -0.25) is 0 Å². The van der Waals surface area contributed by atoms with Crippen molar-refractivity contribution in [3.63, 3.8) is 0 Å². The Morgan fingerprint density at radius 1 is 0.500 bits per heavy atom. The molecule has 0 amide bonds. The maximum absolute atomic E-state index is 2.18. The summed E-state index contributed by atoms with van der Waals surface area (Å²) in [5.74, 6) is 0. The van der Waals surface area contributed by atoms with Crippen LogP contribution in [-0.4, -0.2) is 0 Å². The van der Waals surface area contributed by atoms with Crippen molar-refractivity contribution in [2.75, 3.05) is 0 Å². The van der Waals surface area contributed by atoms with Gasteiger partial charge in [0.15, 0.2) is 0 Å². The highest BCUT2D eigenvalue weighted by Gasteiger charge is 1.95. The Balaban J connectivity index is 4.71. The Morgan fingerprint density at radius 3 is 0.800 bits per heavy atom. The zero-order valence-corrected chi connectivity index (χ0v) is 8.00. The summed E-state index contributed by atoms with van der Waals surface area (Å²) in [6.45, 7) is 13.0. The molecule has 0 aromatic carbocycles. The van der Waals surface area contributed by atoms with Crippen molar-refractivity contribution in [1.29, 1.82) is 0 Å². The first-order valence-corrected chi connectivity index (χ1v) is 3.75. The molecule has 58 valence electrons. The van der Waals surface area contributed by atoms with E-state index in [1.165, 1.54) is 22.3 Å². The highest BCUT2D eigenvalue weighted by Crippen LogP contribution is 2.16. The van der Waals surface area contributed by atoms with E-state index in [1.54, 1.807) is 0 Å². The molecule has 0 aromatic rings. The van der Waals surface area contributed by atoms with Crippen molar-refractivity contribution in [2.24, 2.45) is 0 Å². The molecule has 0 N–H and O–H groups in total. The molecular weight excluding hydrogens is 120 g/mol. The summed E-state index contributed by atoms with van der Waals surface area (Å²) in [7, 11) is 0. The molecule has 0 aliphatic heterocycles. The van der Waals surface area contributed by atoms with Gasteiger partial charge in [-0.25, -0.2) is 0 Å². The fourth-order valence-electron chi connectivity index (χ4n) is 0.750. The quantitative estimate of drug-likeness (QED) is 0.485. The lowest BCUT2D eigenvalue weighted by atomic mass is 10.0. The number of allylic oxidation sites excluding steroid dienone is 4. The third-order valence-electron chi connectivity index (χ3n) is 2.06. The van der Waals surface area contributed by atoms with Gasteiger partial charge in [-0.15, -0.1) is 0 Å². The summed E-state index contributed by atoms with van der Waals surface area (Å²) in [5.41, 5.74) is 5.69. The van der Waals surface area contributed by atoms with E-state index in [9.17, 15) is 0 Å². The number of hydrogen-bond donors (Lipinski definition) is 0. The standard InChI is InChI=1S/C10H18/c1-7(2)9(5)10(6)8(3)4/h1-6H3. The molecule has 0 nitrogen and oxygen atoms in total. The molecule has 0 aliphatic carbocycles. The van der Waals surface area contributed by atoms with Crippen LogP contribution in [0.3, 0.4) is 0 Å². The Bertz CT molecular complexity index is 150. The molecule has 0 saturated heterocycles. The molecule has 0 aliphatic rings. The van der Waals surface area contributed by atoms with Gasteiger partial charge in [0.25, 0.3) is 0 Å². The molecule has 0 rings (SSSR count). The minimum atomic E-state index is 1.42. The molecule has 0 aromatic heterocycles. The number of hydrogen-bond acceptors (Lipinski definition) is 0. The summed E-state index contributed by atoms with van der Waals surface area (Å²) >= 11 is 0. The van der Waals surface area contributed by atoms with Crippen LogP contribution >= 0.6 is 0 Å². The first-order valence-electron chi connectivity index (χ1n) is 3.75. The van der Waals surface area contributed by atoms with Crippen LogP contribution in [0.1, 0.15) is 41.5 Å². The Labute approximate surface area is 64.6 Å². The maximum Gasteiger partial charge on any atom is -0.0396 e. The molecule has 10 heavy (non-hydrogen) atoms. The smallest absolute Gasteiger partial charge is 0.0396 e. The third-order valence-corrected chi connectivity index (χ3v) is 2.06. The van der Waals surface area contributed by atoms with Crippen LogP contribution in [0.2, 0.25) is 0 Å². The van der Waals surface area contributed by atoms with Crippen LogP contribution in [0.25, 0.3) is 0 Å². The summed E-state index contributed by atoms with van der Waals surface area (Å²) in [6.07, 6.45) is 0. The zero-order chi connectivity index (χ0) is 8.31. The van der Waals surface area contributed by atoms with Gasteiger partial charge < -0.3 is 0 Å². The van der Waals surface area contributed by atoms with E-state index < -0.39 is 0 Å². The molecule has 0 fully saturated rings. The Morgan fingerprint density at radius 2 is 0.700 bits per heavy atom. The van der Waals surface area contributed by atoms with Gasteiger partial charge in [0.2, 0.25) is 0 Å². The highest BCUT2D eigenvalue weighted by atomic mass is 14.0. The SMILES string of the molecule is CC(C)=C(C)C(C)=C(C)C. The van der Waals surface area contributed by atoms with Crippen LogP contribution < -0.4 is 0 Å². The summed E-state index contributed by atoms with van der Waals surface area (Å²) in [5, 5.41) is 0. The van der Waals surface area contributed by atoms with Gasteiger partial charge in [-0.2, -0.15) is 0 Å². The first kappa shape index (κ1) is 9.48. The van der Waals surface area contributed by atoms with Crippen molar-refractivity contribution >= 4 is 0 Å². The van der Waals surface area contributed by atoms with Crippen molar-refractivity contribution in [2.45, 2.75) is 41.5 Å². The van der Waals surface area contributed by atoms with Gasteiger partial charge in [-0.1, -0.05) is 11.1 Å². The van der Waals surface area contributed by atoms with E-state index in [1.807, 2.05) is 0 Å². The van der Waals surface area contributed by atoms with Crippen LogP contribution in [0.4, 0.5) is 0 Å². The summed E-state index contributed by atoms with van der Waals surface area (Å²) < 4.78 is 0. The molecule has 0 bridgehead atoms. The lowest BCUT2D eigenvalue weighted by molar-refractivity contribution is 1.17. The van der Waals surface area contributed by atoms with Gasteiger partial charge in [0.1, 0.15) is 0 Å². The third kappa shape index (κ3) is 2.38. The van der Waals surface area contributed by atoms with Gasteiger partial charge in [0.05, 0.1) is 0 Å². The van der Waals surface area contributed by atoms with Crippen LogP contribution in [0, 0.1) is 0 Å². The van der Waals surface area contributed by atoms with Crippen LogP contribution in [0.15, 0.2) is 22.3 Å². The lowest BCUT2D eigenvalue weighted by Crippen LogP contribution is -1.85. The average molecular weight is 138 g/mol. The van der Waals surface area contributed by atoms with Crippen LogP contribution in [0.5, 0.6) is 0 Å². The second-order valence-electron chi connectivity index (χ2n) is 3.25. The molecule has 0 atom stereocenters. The topological polar surface area (TPSA) is 0 Å². The fraction of sp³-hybridized carbons (Fsp3) is 0.600. The fourth-order valence-corrected chi connectivity index (χ4v) is 0.750. The van der Waals surface area contributed by atoms with E-state index in [0.717, 1.165) is 0 Å². The Kier molecular flexibility index (Phi) is 3.41. The molecule has 0 spiro atoms. The normalized spacial score (nSPS) is 9.00. The molecule has 0 radical (unpaired) electrons. The zero-order valence-electron chi connectivity index (χ0n) is 8.00.